The van der Waals surface area contributed by atoms with Gasteiger partial charge in [-0.15, -0.1) is 0 Å². The van der Waals surface area contributed by atoms with Crippen molar-refractivity contribution in [2.45, 2.75) is 17.9 Å². The summed E-state index contributed by atoms with van der Waals surface area (Å²) in [6, 6.07) is 21.3. The first kappa shape index (κ1) is 21.7. The van der Waals surface area contributed by atoms with Gasteiger partial charge in [0.1, 0.15) is 24.7 Å². The van der Waals surface area contributed by atoms with Crippen molar-refractivity contribution in [2.24, 2.45) is 0 Å². The van der Waals surface area contributed by atoms with Crippen LogP contribution in [0.3, 0.4) is 0 Å². The van der Waals surface area contributed by atoms with Gasteiger partial charge in [0.05, 0.1) is 10.6 Å². The summed E-state index contributed by atoms with van der Waals surface area (Å²) in [5.74, 6) is 1.66. The smallest absolute Gasteiger partial charge is 0.221 e. The summed E-state index contributed by atoms with van der Waals surface area (Å²) < 4.78 is 41.9. The van der Waals surface area contributed by atoms with E-state index in [1.165, 1.54) is 12.1 Å². The second-order valence-electron chi connectivity index (χ2n) is 7.21. The molecule has 0 aliphatic carbocycles. The highest BCUT2D eigenvalue weighted by Gasteiger charge is 2.20. The summed E-state index contributed by atoms with van der Waals surface area (Å²) in [7, 11) is -3.63. The van der Waals surface area contributed by atoms with Gasteiger partial charge in [0.15, 0.2) is 21.3 Å². The van der Waals surface area contributed by atoms with E-state index in [1.807, 2.05) is 54.6 Å². The predicted molar refractivity (Wildman–Crippen MR) is 119 cm³/mol. The van der Waals surface area contributed by atoms with Crippen LogP contribution in [0.25, 0.3) is 0 Å². The van der Waals surface area contributed by atoms with Crippen molar-refractivity contribution in [3.63, 3.8) is 0 Å². The molecule has 4 rings (SSSR count). The van der Waals surface area contributed by atoms with Gasteiger partial charge in [-0.1, -0.05) is 30.3 Å². The van der Waals surface area contributed by atoms with Crippen molar-refractivity contribution < 1.29 is 27.4 Å². The highest BCUT2D eigenvalue weighted by Crippen LogP contribution is 2.32. The molecule has 0 unspecified atom stereocenters. The molecule has 1 amide bonds. The maximum absolute atomic E-state index is 12.6. The van der Waals surface area contributed by atoms with Crippen molar-refractivity contribution >= 4 is 15.7 Å². The van der Waals surface area contributed by atoms with Crippen LogP contribution in [0.2, 0.25) is 0 Å². The first-order chi connectivity index (χ1) is 15.5. The quantitative estimate of drug-likeness (QED) is 0.559. The molecule has 1 N–H and O–H groups in total. The van der Waals surface area contributed by atoms with Crippen molar-refractivity contribution in [3.05, 3.63) is 78.4 Å². The third-order valence-electron chi connectivity index (χ3n) is 4.84. The van der Waals surface area contributed by atoms with Crippen LogP contribution in [0.4, 0.5) is 0 Å². The third kappa shape index (κ3) is 5.59. The molecule has 0 radical (unpaired) electrons. The number of amides is 1. The molecule has 0 fully saturated rings. The highest BCUT2D eigenvalue weighted by atomic mass is 32.2. The highest BCUT2D eigenvalue weighted by molar-refractivity contribution is 7.91. The lowest BCUT2D eigenvalue weighted by atomic mass is 10.2. The van der Waals surface area contributed by atoms with E-state index < -0.39 is 9.84 Å². The number of rotatable bonds is 8. The van der Waals surface area contributed by atoms with E-state index >= 15 is 0 Å². The Hall–Kier alpha value is -3.52. The Morgan fingerprint density at radius 1 is 0.875 bits per heavy atom. The van der Waals surface area contributed by atoms with Crippen LogP contribution >= 0.6 is 0 Å². The number of benzene rings is 3. The molecule has 0 saturated carbocycles. The van der Waals surface area contributed by atoms with Crippen molar-refractivity contribution in [3.8, 4) is 23.0 Å². The maximum Gasteiger partial charge on any atom is 0.221 e. The minimum absolute atomic E-state index is 0.111. The number of hydrogen-bond donors (Lipinski definition) is 1. The fourth-order valence-corrected chi connectivity index (χ4v) is 4.45. The predicted octanol–water partition coefficient (Wildman–Crippen LogP) is 3.73. The maximum atomic E-state index is 12.6. The molecule has 0 saturated heterocycles. The van der Waals surface area contributed by atoms with Crippen molar-refractivity contribution in [1.82, 2.24) is 5.32 Å². The number of sulfone groups is 1. The zero-order valence-electron chi connectivity index (χ0n) is 17.3. The van der Waals surface area contributed by atoms with Crippen LogP contribution in [0.15, 0.2) is 77.7 Å². The molecule has 1 aliphatic rings. The lowest BCUT2D eigenvalue weighted by Crippen LogP contribution is -2.25. The molecule has 0 spiro atoms. The molecule has 0 atom stereocenters. The normalized spacial score (nSPS) is 12.8. The van der Waals surface area contributed by atoms with Crippen molar-refractivity contribution in [1.29, 1.82) is 0 Å². The Bertz CT molecular complexity index is 1190. The fourth-order valence-electron chi connectivity index (χ4n) is 3.19. The summed E-state index contributed by atoms with van der Waals surface area (Å²) in [4.78, 5) is 12.4. The Balaban J connectivity index is 1.30. The van der Waals surface area contributed by atoms with Crippen LogP contribution in [-0.4, -0.2) is 33.3 Å². The zero-order chi connectivity index (χ0) is 22.4. The first-order valence-corrected chi connectivity index (χ1v) is 11.9. The Kier molecular flexibility index (Phi) is 6.61. The fraction of sp³-hybridized carbons (Fsp3) is 0.208. The molecule has 0 bridgehead atoms. The topological polar surface area (TPSA) is 90.9 Å². The van der Waals surface area contributed by atoms with E-state index in [2.05, 4.69) is 5.32 Å². The number of carbonyl (C=O) groups is 1. The summed E-state index contributed by atoms with van der Waals surface area (Å²) in [5.41, 5.74) is 0.849. The second kappa shape index (κ2) is 9.74. The number of nitrogens with one attached hydrogen (secondary N) is 1. The summed E-state index contributed by atoms with van der Waals surface area (Å²) in [6.45, 7) is 1.08. The van der Waals surface area contributed by atoms with Gasteiger partial charge in [-0.25, -0.2) is 8.42 Å². The monoisotopic (exact) mass is 453 g/mol. The Morgan fingerprint density at radius 3 is 2.44 bits per heavy atom. The van der Waals surface area contributed by atoms with Gasteiger partial charge in [0.2, 0.25) is 5.91 Å². The molecule has 1 heterocycles. The second-order valence-corrected chi connectivity index (χ2v) is 9.32. The van der Waals surface area contributed by atoms with Gasteiger partial charge in [-0.05, 0) is 42.0 Å². The third-order valence-corrected chi connectivity index (χ3v) is 6.55. The van der Waals surface area contributed by atoms with Crippen LogP contribution in [-0.2, 0) is 21.2 Å². The van der Waals surface area contributed by atoms with Gasteiger partial charge in [-0.2, -0.15) is 0 Å². The number of ether oxygens (including phenoxy) is 3. The van der Waals surface area contributed by atoms with Crippen LogP contribution in [0.5, 0.6) is 23.0 Å². The molecule has 8 heteroatoms. The van der Waals surface area contributed by atoms with E-state index in [0.717, 1.165) is 11.3 Å². The summed E-state index contributed by atoms with van der Waals surface area (Å²) in [6.07, 6.45) is -0.142. The average molecular weight is 454 g/mol. The summed E-state index contributed by atoms with van der Waals surface area (Å²) >= 11 is 0. The van der Waals surface area contributed by atoms with Crippen LogP contribution in [0, 0.1) is 0 Å². The molecule has 0 aromatic heterocycles. The van der Waals surface area contributed by atoms with Gasteiger partial charge in [0.25, 0.3) is 0 Å². The van der Waals surface area contributed by atoms with Gasteiger partial charge in [0, 0.05) is 19.0 Å². The lowest BCUT2D eigenvalue weighted by molar-refractivity contribution is -0.120. The van der Waals surface area contributed by atoms with E-state index in [4.69, 9.17) is 14.2 Å². The SMILES string of the molecule is O=C(CCS(=O)(=O)c1ccc2c(c1)OCCO2)NCc1cccc(Oc2ccccc2)c1. The molecular weight excluding hydrogens is 430 g/mol. The molecule has 1 aliphatic heterocycles. The van der Waals surface area contributed by atoms with Gasteiger partial charge >= 0.3 is 0 Å². The first-order valence-electron chi connectivity index (χ1n) is 10.2. The van der Waals surface area contributed by atoms with Gasteiger partial charge < -0.3 is 19.5 Å². The number of carbonyl (C=O) groups excluding carboxylic acids is 1. The van der Waals surface area contributed by atoms with E-state index in [9.17, 15) is 13.2 Å². The molecule has 3 aromatic rings. The Labute approximate surface area is 186 Å². The largest absolute Gasteiger partial charge is 0.486 e. The molecule has 166 valence electrons. The van der Waals surface area contributed by atoms with E-state index in [0.29, 0.717) is 30.5 Å². The van der Waals surface area contributed by atoms with E-state index in [-0.39, 0.29) is 29.5 Å². The Morgan fingerprint density at radius 2 is 1.62 bits per heavy atom. The number of fused-ring (bicyclic) bond motifs is 1. The number of hydrogen-bond acceptors (Lipinski definition) is 6. The van der Waals surface area contributed by atoms with E-state index in [1.54, 1.807) is 6.07 Å². The number of para-hydroxylation sites is 1. The molecule has 3 aromatic carbocycles. The van der Waals surface area contributed by atoms with Crippen LogP contribution in [0.1, 0.15) is 12.0 Å². The van der Waals surface area contributed by atoms with Gasteiger partial charge in [-0.3, -0.25) is 4.79 Å². The standard InChI is InChI=1S/C24H23NO6S/c26-24(11-14-32(27,28)21-9-10-22-23(16-21)30-13-12-29-22)25-17-18-5-4-8-20(15-18)31-19-6-2-1-3-7-19/h1-10,15-16H,11-14,17H2,(H,25,26). The molecular formula is C24H23NO6S. The van der Waals surface area contributed by atoms with Crippen LogP contribution < -0.4 is 19.5 Å². The minimum atomic E-state index is -3.63. The molecule has 7 nitrogen and oxygen atoms in total. The van der Waals surface area contributed by atoms with Crippen molar-refractivity contribution in [2.75, 3.05) is 19.0 Å². The molecule has 32 heavy (non-hydrogen) atoms. The average Bonchev–Trinajstić information content (AvgIpc) is 2.82. The lowest BCUT2D eigenvalue weighted by Gasteiger charge is -2.18. The zero-order valence-corrected chi connectivity index (χ0v) is 18.1. The summed E-state index contributed by atoms with van der Waals surface area (Å²) in [5, 5.41) is 2.76. The minimum Gasteiger partial charge on any atom is -0.486 e.